The topological polar surface area (TPSA) is 30.0 Å². The van der Waals surface area contributed by atoms with E-state index in [1.54, 1.807) is 6.92 Å². The highest BCUT2D eigenvalue weighted by atomic mass is 19.1. The number of aryl methyl sites for hydroxylation is 1. The van der Waals surface area contributed by atoms with Gasteiger partial charge >= 0.3 is 0 Å². The molecule has 0 fully saturated rings. The smallest absolute Gasteiger partial charge is 0.160 e. The molecule has 0 unspecified atom stereocenters. The molecule has 0 spiro atoms. The van der Waals surface area contributed by atoms with Crippen LogP contribution in [0.15, 0.2) is 12.1 Å². The summed E-state index contributed by atoms with van der Waals surface area (Å²) in [5, 5.41) is 0.616. The first kappa shape index (κ1) is 14.6. The summed E-state index contributed by atoms with van der Waals surface area (Å²) in [6.07, 6.45) is 0. The number of Topliss-reactive ketones (excluding diaryl/α,β-unsaturated/α-hetero) is 1. The zero-order valence-corrected chi connectivity index (χ0v) is 12.9. The summed E-state index contributed by atoms with van der Waals surface area (Å²) in [7, 11) is 0. The van der Waals surface area contributed by atoms with E-state index in [1.165, 1.54) is 13.0 Å². The predicted molar refractivity (Wildman–Crippen MR) is 79.9 cm³/mol. The Balaban J connectivity index is 2.97. The van der Waals surface area contributed by atoms with E-state index in [-0.39, 0.29) is 22.5 Å². The minimum absolute atomic E-state index is 0.0524. The average molecular weight is 273 g/mol. The van der Waals surface area contributed by atoms with Gasteiger partial charge < -0.3 is 0 Å². The highest BCUT2D eigenvalue weighted by molar-refractivity contribution is 6.07. The predicted octanol–water partition coefficient (Wildman–Crippen LogP) is 4.49. The molecule has 0 N–H and O–H groups in total. The first-order valence-corrected chi connectivity index (χ1v) is 6.75. The van der Waals surface area contributed by atoms with Crippen molar-refractivity contribution in [2.24, 2.45) is 0 Å². The Morgan fingerprint density at radius 3 is 2.30 bits per heavy atom. The Hall–Kier alpha value is -1.77. The second kappa shape index (κ2) is 4.65. The van der Waals surface area contributed by atoms with Gasteiger partial charge in [0.25, 0.3) is 0 Å². The van der Waals surface area contributed by atoms with Gasteiger partial charge in [0.2, 0.25) is 0 Å². The quantitative estimate of drug-likeness (QED) is 0.716. The lowest BCUT2D eigenvalue weighted by Gasteiger charge is -2.21. The molecule has 0 aliphatic heterocycles. The molecule has 1 aromatic carbocycles. The highest BCUT2D eigenvalue weighted by Gasteiger charge is 2.21. The first-order chi connectivity index (χ1) is 9.12. The van der Waals surface area contributed by atoms with Gasteiger partial charge in [0, 0.05) is 16.6 Å². The summed E-state index contributed by atoms with van der Waals surface area (Å²) in [4.78, 5) is 16.3. The maximum absolute atomic E-state index is 14.4. The van der Waals surface area contributed by atoms with E-state index in [1.807, 2.05) is 33.8 Å². The number of carbonyl (C=O) groups is 1. The molecule has 1 heterocycles. The van der Waals surface area contributed by atoms with Crippen molar-refractivity contribution in [3.63, 3.8) is 0 Å². The number of benzene rings is 1. The lowest BCUT2D eigenvalue weighted by molar-refractivity contribution is 0.101. The van der Waals surface area contributed by atoms with Gasteiger partial charge in [0.15, 0.2) is 5.78 Å². The van der Waals surface area contributed by atoms with Gasteiger partial charge in [-0.15, -0.1) is 0 Å². The molecule has 0 saturated carbocycles. The molecule has 2 rings (SSSR count). The van der Waals surface area contributed by atoms with Crippen LogP contribution < -0.4 is 0 Å². The van der Waals surface area contributed by atoms with Crippen molar-refractivity contribution >= 4 is 16.7 Å². The molecule has 0 amide bonds. The number of nitrogens with zero attached hydrogens (tertiary/aromatic N) is 1. The van der Waals surface area contributed by atoms with Gasteiger partial charge in [-0.2, -0.15) is 0 Å². The largest absolute Gasteiger partial charge is 0.294 e. The molecular weight excluding hydrogens is 253 g/mol. The van der Waals surface area contributed by atoms with Crippen molar-refractivity contribution < 1.29 is 9.18 Å². The van der Waals surface area contributed by atoms with E-state index < -0.39 is 0 Å². The van der Waals surface area contributed by atoms with E-state index in [9.17, 15) is 9.18 Å². The average Bonchev–Trinajstić information content (AvgIpc) is 2.29. The van der Waals surface area contributed by atoms with Crippen molar-refractivity contribution in [1.29, 1.82) is 0 Å². The fourth-order valence-electron chi connectivity index (χ4n) is 2.42. The van der Waals surface area contributed by atoms with E-state index >= 15 is 0 Å². The number of halogens is 1. The number of rotatable bonds is 1. The van der Waals surface area contributed by atoms with Crippen LogP contribution in [0.25, 0.3) is 10.9 Å². The van der Waals surface area contributed by atoms with E-state index in [2.05, 4.69) is 4.98 Å². The minimum Gasteiger partial charge on any atom is -0.294 e. The molecule has 0 bridgehead atoms. The summed E-state index contributed by atoms with van der Waals surface area (Å²) in [5.74, 6) is -0.415. The van der Waals surface area contributed by atoms with Crippen LogP contribution in [-0.2, 0) is 5.41 Å². The molecule has 2 nitrogen and oxygen atoms in total. The van der Waals surface area contributed by atoms with Gasteiger partial charge in [-0.05, 0) is 49.4 Å². The van der Waals surface area contributed by atoms with Gasteiger partial charge in [-0.25, -0.2) is 9.37 Å². The van der Waals surface area contributed by atoms with Gasteiger partial charge in [-0.3, -0.25) is 4.79 Å². The standard InChI is InChI=1S/C17H20FNO/c1-9-10(2)19-16-13(15(9)11(3)20)7-12(8-14(16)18)17(4,5)6/h7-8H,1-6H3. The molecule has 0 radical (unpaired) electrons. The molecule has 106 valence electrons. The Labute approximate surface area is 119 Å². The van der Waals surface area contributed by atoms with Crippen LogP contribution in [0.4, 0.5) is 4.39 Å². The minimum atomic E-state index is -0.363. The zero-order chi connectivity index (χ0) is 15.2. The third-order valence-electron chi connectivity index (χ3n) is 3.75. The SMILES string of the molecule is CC(=O)c1c(C)c(C)nc2c(F)cc(C(C)(C)C)cc12. The molecule has 0 atom stereocenters. The number of hydrogen-bond acceptors (Lipinski definition) is 2. The van der Waals surface area contributed by atoms with Crippen LogP contribution in [-0.4, -0.2) is 10.8 Å². The first-order valence-electron chi connectivity index (χ1n) is 6.75. The van der Waals surface area contributed by atoms with Crippen molar-refractivity contribution in [1.82, 2.24) is 4.98 Å². The van der Waals surface area contributed by atoms with E-state index in [4.69, 9.17) is 0 Å². The fraction of sp³-hybridized carbons (Fsp3) is 0.412. The van der Waals surface area contributed by atoms with Crippen LogP contribution in [0.2, 0.25) is 0 Å². The number of carbonyl (C=O) groups excluding carboxylic acids is 1. The summed E-state index contributed by atoms with van der Waals surface area (Å²) in [5.41, 5.74) is 3.08. The van der Waals surface area contributed by atoms with Crippen LogP contribution in [0.3, 0.4) is 0 Å². The number of aromatic nitrogens is 1. The van der Waals surface area contributed by atoms with E-state index in [0.29, 0.717) is 16.6 Å². The van der Waals surface area contributed by atoms with Gasteiger partial charge in [0.05, 0.1) is 0 Å². The molecule has 0 aliphatic rings. The summed E-state index contributed by atoms with van der Waals surface area (Å²) in [6.45, 7) is 11.3. The number of fused-ring (bicyclic) bond motifs is 1. The maximum atomic E-state index is 14.4. The molecular formula is C17H20FNO. The van der Waals surface area contributed by atoms with Gasteiger partial charge in [0.1, 0.15) is 11.3 Å². The Kier molecular flexibility index (Phi) is 3.41. The monoisotopic (exact) mass is 273 g/mol. The molecule has 2 aromatic rings. The zero-order valence-electron chi connectivity index (χ0n) is 12.9. The van der Waals surface area contributed by atoms with Gasteiger partial charge in [-0.1, -0.05) is 20.8 Å². The molecule has 3 heteroatoms. The molecule has 20 heavy (non-hydrogen) atoms. The van der Waals surface area contributed by atoms with E-state index in [0.717, 1.165) is 11.1 Å². The molecule has 0 saturated heterocycles. The lowest BCUT2D eigenvalue weighted by Crippen LogP contribution is -2.13. The number of ketones is 1. The molecule has 1 aromatic heterocycles. The lowest BCUT2D eigenvalue weighted by atomic mass is 9.85. The van der Waals surface area contributed by atoms with Crippen LogP contribution in [0, 0.1) is 19.7 Å². The van der Waals surface area contributed by atoms with Crippen molar-refractivity contribution in [3.05, 3.63) is 40.3 Å². The highest BCUT2D eigenvalue weighted by Crippen LogP contribution is 2.31. The summed E-state index contributed by atoms with van der Waals surface area (Å²) < 4.78 is 14.4. The normalized spacial score (nSPS) is 11.9. The summed E-state index contributed by atoms with van der Waals surface area (Å²) in [6, 6.07) is 3.42. The molecule has 0 aliphatic carbocycles. The second-order valence-electron chi connectivity index (χ2n) is 6.36. The Bertz CT molecular complexity index is 711. The number of hydrogen-bond donors (Lipinski definition) is 0. The second-order valence-corrected chi connectivity index (χ2v) is 6.36. The fourth-order valence-corrected chi connectivity index (χ4v) is 2.42. The van der Waals surface area contributed by atoms with Crippen LogP contribution in [0.5, 0.6) is 0 Å². The number of pyridine rings is 1. The van der Waals surface area contributed by atoms with Crippen molar-refractivity contribution in [3.8, 4) is 0 Å². The Morgan fingerprint density at radius 1 is 1.20 bits per heavy atom. The van der Waals surface area contributed by atoms with Crippen LogP contribution >= 0.6 is 0 Å². The van der Waals surface area contributed by atoms with Crippen molar-refractivity contribution in [2.75, 3.05) is 0 Å². The van der Waals surface area contributed by atoms with Crippen molar-refractivity contribution in [2.45, 2.75) is 47.0 Å². The third-order valence-corrected chi connectivity index (χ3v) is 3.75. The Morgan fingerprint density at radius 2 is 1.80 bits per heavy atom. The third kappa shape index (κ3) is 2.33. The summed E-state index contributed by atoms with van der Waals surface area (Å²) >= 11 is 0. The maximum Gasteiger partial charge on any atom is 0.160 e. The van der Waals surface area contributed by atoms with Crippen LogP contribution in [0.1, 0.15) is 54.9 Å².